The van der Waals surface area contributed by atoms with Crippen LogP contribution in [0.15, 0.2) is 12.3 Å². The van der Waals surface area contributed by atoms with Crippen LogP contribution >= 0.6 is 11.6 Å². The van der Waals surface area contributed by atoms with Gasteiger partial charge in [0, 0.05) is 6.20 Å². The van der Waals surface area contributed by atoms with Gasteiger partial charge in [-0.1, -0.05) is 24.9 Å². The quantitative estimate of drug-likeness (QED) is 0.837. The Labute approximate surface area is 87.7 Å². The van der Waals surface area contributed by atoms with Crippen molar-refractivity contribution in [2.45, 2.75) is 26.2 Å². The molecule has 0 amide bonds. The Morgan fingerprint density at radius 2 is 2.36 bits per heavy atom. The van der Waals surface area contributed by atoms with Crippen LogP contribution in [0.1, 0.15) is 35.8 Å². The molecule has 3 nitrogen and oxygen atoms in total. The first-order valence-corrected chi connectivity index (χ1v) is 4.90. The van der Waals surface area contributed by atoms with Crippen molar-refractivity contribution in [3.05, 3.63) is 28.5 Å². The van der Waals surface area contributed by atoms with E-state index in [1.165, 1.54) is 0 Å². The van der Waals surface area contributed by atoms with Gasteiger partial charge in [-0.25, -0.2) is 9.78 Å². The molecule has 0 fully saturated rings. The zero-order valence-electron chi connectivity index (χ0n) is 7.96. The highest BCUT2D eigenvalue weighted by Gasteiger charge is 2.10. The lowest BCUT2D eigenvalue weighted by atomic mass is 10.1. The average Bonchev–Trinajstić information content (AvgIpc) is 2.14. The molecular formula is C10H12ClNO2. The van der Waals surface area contributed by atoms with Crippen molar-refractivity contribution in [3.63, 3.8) is 0 Å². The Morgan fingerprint density at radius 1 is 1.64 bits per heavy atom. The third-order valence-corrected chi connectivity index (χ3v) is 2.21. The Balaban J connectivity index is 2.83. The van der Waals surface area contributed by atoms with E-state index >= 15 is 0 Å². The van der Waals surface area contributed by atoms with E-state index < -0.39 is 5.97 Å². The highest BCUT2D eigenvalue weighted by atomic mass is 35.5. The number of aromatic carboxylic acids is 1. The highest BCUT2D eigenvalue weighted by molar-refractivity contribution is 6.33. The molecule has 0 radical (unpaired) electrons. The van der Waals surface area contributed by atoms with E-state index in [-0.39, 0.29) is 10.7 Å². The molecule has 0 aliphatic carbocycles. The van der Waals surface area contributed by atoms with Crippen LogP contribution in [0.5, 0.6) is 0 Å². The highest BCUT2D eigenvalue weighted by Crippen LogP contribution is 2.16. The fourth-order valence-electron chi connectivity index (χ4n) is 1.15. The molecule has 0 aliphatic rings. The predicted octanol–water partition coefficient (Wildman–Crippen LogP) is 2.78. The summed E-state index contributed by atoms with van der Waals surface area (Å²) in [5.74, 6) is -1.09. The third kappa shape index (κ3) is 2.70. The van der Waals surface area contributed by atoms with Crippen LogP contribution in [0.2, 0.25) is 5.02 Å². The maximum Gasteiger partial charge on any atom is 0.356 e. The van der Waals surface area contributed by atoms with Crippen molar-refractivity contribution in [1.29, 1.82) is 0 Å². The number of nitrogens with zero attached hydrogens (tertiary/aromatic N) is 1. The minimum absolute atomic E-state index is 0.0769. The van der Waals surface area contributed by atoms with Gasteiger partial charge in [0.25, 0.3) is 0 Å². The Bertz CT molecular complexity index is 339. The summed E-state index contributed by atoms with van der Waals surface area (Å²) in [5.41, 5.74) is 0.911. The molecule has 1 aromatic heterocycles. The van der Waals surface area contributed by atoms with Gasteiger partial charge in [0.2, 0.25) is 0 Å². The number of carboxylic acids is 1. The van der Waals surface area contributed by atoms with Crippen molar-refractivity contribution in [1.82, 2.24) is 4.98 Å². The first kappa shape index (κ1) is 11.0. The summed E-state index contributed by atoms with van der Waals surface area (Å²) in [4.78, 5) is 14.4. The summed E-state index contributed by atoms with van der Waals surface area (Å²) >= 11 is 5.76. The van der Waals surface area contributed by atoms with Gasteiger partial charge in [-0.2, -0.15) is 0 Å². The standard InChI is InChI=1S/C10H12ClNO2/c1-2-3-4-7-5-8(11)9(10(13)14)12-6-7/h5-6H,2-4H2,1H3,(H,13,14). The van der Waals surface area contributed by atoms with E-state index in [0.29, 0.717) is 0 Å². The normalized spacial score (nSPS) is 10.1. The monoisotopic (exact) mass is 213 g/mol. The molecule has 0 aliphatic heterocycles. The largest absolute Gasteiger partial charge is 0.476 e. The third-order valence-electron chi connectivity index (χ3n) is 1.92. The number of carboxylic acid groups (broad SMARTS) is 1. The van der Waals surface area contributed by atoms with Crippen LogP contribution in [-0.4, -0.2) is 16.1 Å². The molecule has 1 heterocycles. The van der Waals surface area contributed by atoms with Crippen molar-refractivity contribution in [2.24, 2.45) is 0 Å². The molecule has 14 heavy (non-hydrogen) atoms. The molecule has 1 aromatic rings. The van der Waals surface area contributed by atoms with Gasteiger partial charge < -0.3 is 5.11 Å². The van der Waals surface area contributed by atoms with E-state index in [2.05, 4.69) is 11.9 Å². The fraction of sp³-hybridized carbons (Fsp3) is 0.400. The predicted molar refractivity (Wildman–Crippen MR) is 54.8 cm³/mol. The first-order valence-electron chi connectivity index (χ1n) is 4.53. The van der Waals surface area contributed by atoms with Crippen LogP contribution in [0, 0.1) is 0 Å². The number of carbonyl (C=O) groups is 1. The molecule has 76 valence electrons. The second-order valence-electron chi connectivity index (χ2n) is 3.08. The van der Waals surface area contributed by atoms with Gasteiger partial charge >= 0.3 is 5.97 Å². The van der Waals surface area contributed by atoms with Crippen LogP contribution in [0.4, 0.5) is 0 Å². The van der Waals surface area contributed by atoms with E-state index in [1.807, 2.05) is 0 Å². The smallest absolute Gasteiger partial charge is 0.356 e. The topological polar surface area (TPSA) is 50.2 Å². The van der Waals surface area contributed by atoms with E-state index in [1.54, 1.807) is 12.3 Å². The first-order chi connectivity index (χ1) is 6.65. The van der Waals surface area contributed by atoms with E-state index in [0.717, 1.165) is 24.8 Å². The van der Waals surface area contributed by atoms with Crippen LogP contribution < -0.4 is 0 Å². The molecule has 4 heteroatoms. The summed E-state index contributed by atoms with van der Waals surface area (Å²) in [6.07, 6.45) is 4.62. The van der Waals surface area contributed by atoms with Gasteiger partial charge in [0.15, 0.2) is 5.69 Å². The SMILES string of the molecule is CCCCc1cnc(C(=O)O)c(Cl)c1. The molecule has 0 bridgehead atoms. The van der Waals surface area contributed by atoms with Crippen molar-refractivity contribution < 1.29 is 9.90 Å². The Hall–Kier alpha value is -1.09. The minimum atomic E-state index is -1.09. The van der Waals surface area contributed by atoms with Crippen molar-refractivity contribution in [3.8, 4) is 0 Å². The maximum atomic E-state index is 10.6. The number of halogens is 1. The molecule has 0 unspecified atom stereocenters. The zero-order chi connectivity index (χ0) is 10.6. The van der Waals surface area contributed by atoms with Crippen LogP contribution in [0.3, 0.4) is 0 Å². The maximum absolute atomic E-state index is 10.6. The van der Waals surface area contributed by atoms with Crippen LogP contribution in [0.25, 0.3) is 0 Å². The van der Waals surface area contributed by atoms with Gasteiger partial charge in [0.05, 0.1) is 5.02 Å². The molecule has 0 atom stereocenters. The van der Waals surface area contributed by atoms with Gasteiger partial charge in [-0.15, -0.1) is 0 Å². The number of unbranched alkanes of at least 4 members (excludes halogenated alkanes) is 1. The summed E-state index contributed by atoms with van der Waals surface area (Å²) in [6, 6.07) is 1.67. The summed E-state index contributed by atoms with van der Waals surface area (Å²) in [7, 11) is 0. The van der Waals surface area contributed by atoms with E-state index in [9.17, 15) is 4.79 Å². The van der Waals surface area contributed by atoms with Gasteiger partial charge in [0.1, 0.15) is 0 Å². The molecular weight excluding hydrogens is 202 g/mol. The number of hydrogen-bond donors (Lipinski definition) is 1. The molecule has 0 aromatic carbocycles. The molecule has 0 spiro atoms. The Morgan fingerprint density at radius 3 is 2.86 bits per heavy atom. The van der Waals surface area contributed by atoms with Crippen molar-refractivity contribution >= 4 is 17.6 Å². The number of aryl methyl sites for hydroxylation is 1. The molecule has 0 saturated heterocycles. The molecule has 0 saturated carbocycles. The number of hydrogen-bond acceptors (Lipinski definition) is 2. The molecule has 1 N–H and O–H groups in total. The van der Waals surface area contributed by atoms with Gasteiger partial charge in [-0.05, 0) is 24.5 Å². The fourth-order valence-corrected chi connectivity index (χ4v) is 1.42. The lowest BCUT2D eigenvalue weighted by Crippen LogP contribution is -2.02. The number of aromatic nitrogens is 1. The number of rotatable bonds is 4. The van der Waals surface area contributed by atoms with Crippen LogP contribution in [-0.2, 0) is 6.42 Å². The summed E-state index contributed by atoms with van der Waals surface area (Å²) in [5, 5.41) is 8.90. The zero-order valence-corrected chi connectivity index (χ0v) is 8.71. The second kappa shape index (κ2) is 4.96. The Kier molecular flexibility index (Phi) is 3.89. The average molecular weight is 214 g/mol. The van der Waals surface area contributed by atoms with Crippen molar-refractivity contribution in [2.75, 3.05) is 0 Å². The lowest BCUT2D eigenvalue weighted by Gasteiger charge is -2.02. The second-order valence-corrected chi connectivity index (χ2v) is 3.49. The minimum Gasteiger partial charge on any atom is -0.476 e. The lowest BCUT2D eigenvalue weighted by molar-refractivity contribution is 0.0690. The van der Waals surface area contributed by atoms with E-state index in [4.69, 9.17) is 16.7 Å². The van der Waals surface area contributed by atoms with Gasteiger partial charge in [-0.3, -0.25) is 0 Å². The number of pyridine rings is 1. The summed E-state index contributed by atoms with van der Waals surface area (Å²) < 4.78 is 0. The molecule has 1 rings (SSSR count). The summed E-state index contributed by atoms with van der Waals surface area (Å²) in [6.45, 7) is 2.10.